The lowest BCUT2D eigenvalue weighted by Gasteiger charge is -1.87. The number of halogens is 4. The van der Waals surface area contributed by atoms with Crippen molar-refractivity contribution in [1.29, 1.82) is 0 Å². The molecule has 0 aliphatic heterocycles. The standard InChI is InChI=1S/C11H10O2.F4Si/c12-11(13)9-5-4-8-10-6-2-1-3-7-10;1-5(2,3)4/h1-9H,(H,12,13);. The maximum absolute atomic E-state index is 10.1. The molecular weight excluding hydrogens is 268 g/mol. The van der Waals surface area contributed by atoms with Gasteiger partial charge in [-0.15, -0.1) is 0 Å². The Labute approximate surface area is 103 Å². The first kappa shape index (κ1) is 16.1. The van der Waals surface area contributed by atoms with Crippen LogP contribution in [0.15, 0.2) is 48.6 Å². The van der Waals surface area contributed by atoms with Crippen molar-refractivity contribution in [3.05, 3.63) is 54.1 Å². The molecule has 0 bridgehead atoms. The van der Waals surface area contributed by atoms with Gasteiger partial charge in [0.15, 0.2) is 0 Å². The zero-order chi connectivity index (χ0) is 14.0. The third-order valence-electron chi connectivity index (χ3n) is 1.44. The van der Waals surface area contributed by atoms with E-state index in [-0.39, 0.29) is 0 Å². The molecule has 0 amide bonds. The molecule has 0 heterocycles. The topological polar surface area (TPSA) is 37.3 Å². The van der Waals surface area contributed by atoms with E-state index in [1.165, 1.54) is 6.08 Å². The summed E-state index contributed by atoms with van der Waals surface area (Å²) in [5.74, 6) is -0.933. The fraction of sp³-hybridized carbons (Fsp3) is 0. The Morgan fingerprint density at radius 1 is 1.06 bits per heavy atom. The summed E-state index contributed by atoms with van der Waals surface area (Å²) < 4.78 is 39.3. The van der Waals surface area contributed by atoms with Gasteiger partial charge in [-0.1, -0.05) is 48.6 Å². The molecule has 18 heavy (non-hydrogen) atoms. The lowest BCUT2D eigenvalue weighted by Crippen LogP contribution is -2.02. The SMILES string of the molecule is F[Si](F)(F)F.O=C(O)C=CC=Cc1ccccc1. The minimum Gasteiger partial charge on any atom is -0.478 e. The molecule has 0 aliphatic carbocycles. The number of carboxylic acid groups (broad SMARTS) is 1. The van der Waals surface area contributed by atoms with Gasteiger partial charge in [0.25, 0.3) is 0 Å². The average molecular weight is 278 g/mol. The minimum atomic E-state index is -6.61. The Bertz CT molecular complexity index is 407. The van der Waals surface area contributed by atoms with E-state index in [2.05, 4.69) is 0 Å². The monoisotopic (exact) mass is 278 g/mol. The van der Waals surface area contributed by atoms with Crippen LogP contribution in [-0.2, 0) is 4.79 Å². The number of carboxylic acids is 1. The number of hydrogen-bond donors (Lipinski definition) is 1. The van der Waals surface area contributed by atoms with Gasteiger partial charge in [0.1, 0.15) is 0 Å². The van der Waals surface area contributed by atoms with E-state index in [4.69, 9.17) is 5.11 Å². The third-order valence-corrected chi connectivity index (χ3v) is 1.44. The van der Waals surface area contributed by atoms with Crippen molar-refractivity contribution >= 4 is 21.5 Å². The zero-order valence-corrected chi connectivity index (χ0v) is 10.1. The van der Waals surface area contributed by atoms with Crippen molar-refractivity contribution in [3.8, 4) is 0 Å². The van der Waals surface area contributed by atoms with Gasteiger partial charge in [0, 0.05) is 6.08 Å². The second kappa shape index (κ2) is 8.23. The molecule has 1 rings (SSSR count). The van der Waals surface area contributed by atoms with Gasteiger partial charge in [-0.3, -0.25) is 0 Å². The summed E-state index contributed by atoms with van der Waals surface area (Å²) in [6.45, 7) is 0. The molecule has 0 saturated heterocycles. The number of hydrogen-bond acceptors (Lipinski definition) is 1. The lowest BCUT2D eigenvalue weighted by atomic mass is 10.2. The molecule has 0 atom stereocenters. The fourth-order valence-corrected chi connectivity index (χ4v) is 0.869. The molecule has 7 heteroatoms. The molecule has 0 fully saturated rings. The van der Waals surface area contributed by atoms with E-state index in [1.807, 2.05) is 36.4 Å². The number of allylic oxidation sites excluding steroid dienone is 2. The van der Waals surface area contributed by atoms with Crippen LogP contribution < -0.4 is 0 Å². The van der Waals surface area contributed by atoms with Gasteiger partial charge in [0.2, 0.25) is 0 Å². The Morgan fingerprint density at radius 2 is 1.56 bits per heavy atom. The second-order valence-corrected chi connectivity index (χ2v) is 3.75. The molecule has 1 N–H and O–H groups in total. The van der Waals surface area contributed by atoms with E-state index < -0.39 is 15.4 Å². The summed E-state index contributed by atoms with van der Waals surface area (Å²) in [7, 11) is -6.61. The highest BCUT2D eigenvalue weighted by atomic mass is 28.5. The van der Waals surface area contributed by atoms with Crippen LogP contribution in [0.1, 0.15) is 5.56 Å². The summed E-state index contributed by atoms with van der Waals surface area (Å²) in [4.78, 5) is 10.1. The number of aliphatic carboxylic acids is 1. The maximum atomic E-state index is 10.1. The lowest BCUT2D eigenvalue weighted by molar-refractivity contribution is -0.131. The van der Waals surface area contributed by atoms with Gasteiger partial charge in [-0.25, -0.2) is 21.2 Å². The molecule has 98 valence electrons. The van der Waals surface area contributed by atoms with E-state index >= 15 is 0 Å². The molecular formula is C11H10F4O2Si. The summed E-state index contributed by atoms with van der Waals surface area (Å²) in [5.41, 5.74) is 1.05. The molecule has 0 aliphatic rings. The van der Waals surface area contributed by atoms with Gasteiger partial charge in [-0.2, -0.15) is 0 Å². The summed E-state index contributed by atoms with van der Waals surface area (Å²) >= 11 is 0. The van der Waals surface area contributed by atoms with Crippen molar-refractivity contribution in [2.45, 2.75) is 0 Å². The molecule has 0 saturated carbocycles. The minimum absolute atomic E-state index is 0.933. The van der Waals surface area contributed by atoms with Crippen LogP contribution >= 0.6 is 0 Å². The first-order valence-corrected chi connectivity index (χ1v) is 6.18. The predicted octanol–water partition coefficient (Wildman–Crippen LogP) is 3.64. The van der Waals surface area contributed by atoms with E-state index in [0.29, 0.717) is 0 Å². The highest BCUT2D eigenvalue weighted by molar-refractivity contribution is 6.50. The van der Waals surface area contributed by atoms with Crippen LogP contribution in [0.3, 0.4) is 0 Å². The highest BCUT2D eigenvalue weighted by Crippen LogP contribution is 2.06. The predicted molar refractivity (Wildman–Crippen MR) is 62.4 cm³/mol. The second-order valence-electron chi connectivity index (χ2n) is 2.90. The molecule has 1 aromatic rings. The fourth-order valence-electron chi connectivity index (χ4n) is 0.869. The van der Waals surface area contributed by atoms with Crippen molar-refractivity contribution in [2.75, 3.05) is 0 Å². The van der Waals surface area contributed by atoms with Crippen molar-refractivity contribution in [2.24, 2.45) is 0 Å². The smallest absolute Gasteiger partial charge is 0.478 e. The zero-order valence-electron chi connectivity index (χ0n) is 9.06. The highest BCUT2D eigenvalue weighted by Gasteiger charge is 2.39. The Hall–Kier alpha value is -1.89. The molecule has 0 spiro atoms. The Kier molecular flexibility index (Phi) is 7.37. The largest absolute Gasteiger partial charge is 0.844 e. The summed E-state index contributed by atoms with van der Waals surface area (Å²) in [6.07, 6.45) is 6.14. The van der Waals surface area contributed by atoms with Crippen molar-refractivity contribution < 1.29 is 26.3 Å². The van der Waals surface area contributed by atoms with Crippen molar-refractivity contribution in [1.82, 2.24) is 0 Å². The van der Waals surface area contributed by atoms with E-state index in [1.54, 1.807) is 6.08 Å². The van der Waals surface area contributed by atoms with Gasteiger partial charge < -0.3 is 5.11 Å². The molecule has 2 nitrogen and oxygen atoms in total. The van der Waals surface area contributed by atoms with Crippen molar-refractivity contribution in [3.63, 3.8) is 0 Å². The number of rotatable bonds is 3. The number of benzene rings is 1. The van der Waals surface area contributed by atoms with Crippen LogP contribution in [0.4, 0.5) is 16.4 Å². The molecule has 1 aromatic carbocycles. The van der Waals surface area contributed by atoms with Crippen LogP contribution in [0.2, 0.25) is 0 Å². The van der Waals surface area contributed by atoms with Gasteiger partial charge >= 0.3 is 15.4 Å². The molecule has 0 radical (unpaired) electrons. The molecule has 0 unspecified atom stereocenters. The quantitative estimate of drug-likeness (QED) is 0.301. The van der Waals surface area contributed by atoms with Gasteiger partial charge in [0.05, 0.1) is 0 Å². The average Bonchev–Trinajstić information content (AvgIpc) is 2.23. The third kappa shape index (κ3) is 14.1. The number of carbonyl (C=O) groups is 1. The normalized spacial score (nSPS) is 11.3. The first-order valence-electron chi connectivity index (χ1n) is 4.67. The van der Waals surface area contributed by atoms with Crippen LogP contribution in [0.5, 0.6) is 0 Å². The van der Waals surface area contributed by atoms with E-state index in [9.17, 15) is 21.2 Å². The van der Waals surface area contributed by atoms with Crippen LogP contribution in [0.25, 0.3) is 6.08 Å². The van der Waals surface area contributed by atoms with Crippen LogP contribution in [-0.4, -0.2) is 20.5 Å². The van der Waals surface area contributed by atoms with Crippen LogP contribution in [0, 0.1) is 0 Å². The van der Waals surface area contributed by atoms with E-state index in [0.717, 1.165) is 11.6 Å². The maximum Gasteiger partial charge on any atom is 0.844 e. The summed E-state index contributed by atoms with van der Waals surface area (Å²) in [6, 6.07) is 9.70. The first-order chi connectivity index (χ1) is 8.29. The Balaban J connectivity index is 0.000000494. The summed E-state index contributed by atoms with van der Waals surface area (Å²) in [5, 5.41) is 8.29. The molecule has 0 aromatic heterocycles. The Morgan fingerprint density at radius 3 is 2.00 bits per heavy atom. The van der Waals surface area contributed by atoms with Gasteiger partial charge in [-0.05, 0) is 5.56 Å².